The van der Waals surface area contributed by atoms with Crippen LogP contribution in [-0.2, 0) is 9.47 Å². The Morgan fingerprint density at radius 1 is 1.31 bits per heavy atom. The summed E-state index contributed by atoms with van der Waals surface area (Å²) in [7, 11) is 0. The third-order valence-electron chi connectivity index (χ3n) is 5.53. The number of carbonyl (C=O) groups excluding carboxylic acids is 1. The molecular weight excluding hydrogens is 392 g/mol. The summed E-state index contributed by atoms with van der Waals surface area (Å²) < 4.78 is 11.9. The van der Waals surface area contributed by atoms with Gasteiger partial charge in [0, 0.05) is 24.6 Å². The van der Waals surface area contributed by atoms with E-state index in [1.807, 2.05) is 25.2 Å². The number of thioether (sulfide) groups is 1. The Balaban J connectivity index is 1.77. The number of carbonyl (C=O) groups is 1. The van der Waals surface area contributed by atoms with Gasteiger partial charge in [-0.15, -0.1) is 0 Å². The highest BCUT2D eigenvalue weighted by Crippen LogP contribution is 2.36. The summed E-state index contributed by atoms with van der Waals surface area (Å²) >= 11 is 1.13. The highest BCUT2D eigenvalue weighted by molar-refractivity contribution is 8.14. The van der Waals surface area contributed by atoms with Crippen molar-refractivity contribution in [1.29, 1.82) is 0 Å². The number of amides is 1. The van der Waals surface area contributed by atoms with E-state index in [2.05, 4.69) is 11.4 Å². The van der Waals surface area contributed by atoms with Gasteiger partial charge in [-0.3, -0.25) is 4.79 Å². The molecule has 3 rings (SSSR count). The summed E-state index contributed by atoms with van der Waals surface area (Å²) in [5.41, 5.74) is 7.22. The zero-order chi connectivity index (χ0) is 20.9. The number of hydrogen-bond acceptors (Lipinski definition) is 7. The van der Waals surface area contributed by atoms with Crippen LogP contribution in [0.5, 0.6) is 0 Å². The van der Waals surface area contributed by atoms with Crippen LogP contribution < -0.4 is 11.1 Å². The van der Waals surface area contributed by atoms with Crippen LogP contribution in [-0.4, -0.2) is 57.6 Å². The predicted molar refractivity (Wildman–Crippen MR) is 113 cm³/mol. The number of allylic oxidation sites excluding steroid dienone is 4. The number of nitrogens with one attached hydrogen (secondary N) is 1. The number of ether oxygens (including phenoxy) is 2. The Hall–Kier alpha value is -1.16. The van der Waals surface area contributed by atoms with Crippen molar-refractivity contribution in [3.63, 3.8) is 0 Å². The highest BCUT2D eigenvalue weighted by Gasteiger charge is 2.49. The molecule has 6 atom stereocenters. The van der Waals surface area contributed by atoms with Gasteiger partial charge in [-0.2, -0.15) is 0 Å². The Kier molecular flexibility index (Phi) is 7.95. The van der Waals surface area contributed by atoms with Gasteiger partial charge in [-0.25, -0.2) is 0 Å². The average molecular weight is 425 g/mol. The van der Waals surface area contributed by atoms with Crippen LogP contribution in [0.15, 0.2) is 36.0 Å². The second-order valence-electron chi connectivity index (χ2n) is 8.07. The molecule has 8 heteroatoms. The number of rotatable bonds is 1. The van der Waals surface area contributed by atoms with Crippen LogP contribution in [0.25, 0.3) is 0 Å². The van der Waals surface area contributed by atoms with Crippen molar-refractivity contribution in [2.24, 2.45) is 5.73 Å². The predicted octanol–water partition coefficient (Wildman–Crippen LogP) is 2.34. The van der Waals surface area contributed by atoms with Crippen molar-refractivity contribution in [3.8, 4) is 0 Å². The summed E-state index contributed by atoms with van der Waals surface area (Å²) in [6, 6.07) is -0.618. The number of aliphatic hydroxyl groups excluding tert-OH is 1. The molecule has 3 aliphatic heterocycles. The summed E-state index contributed by atoms with van der Waals surface area (Å²) in [6.45, 7) is 1.96. The summed E-state index contributed by atoms with van der Waals surface area (Å²) in [5.74, 6) is -1.09. The smallest absolute Gasteiger partial charge is 0.279 e. The van der Waals surface area contributed by atoms with Gasteiger partial charge in [0.25, 0.3) is 5.24 Å². The van der Waals surface area contributed by atoms with Crippen LogP contribution in [0.2, 0.25) is 0 Å². The van der Waals surface area contributed by atoms with Crippen LogP contribution in [0.4, 0.5) is 4.79 Å². The molecule has 0 aliphatic carbocycles. The van der Waals surface area contributed by atoms with Crippen LogP contribution in [0, 0.1) is 0 Å². The fourth-order valence-corrected chi connectivity index (χ4v) is 4.84. The third kappa shape index (κ3) is 6.67. The third-order valence-corrected chi connectivity index (χ3v) is 6.41. The molecule has 0 radical (unpaired) electrons. The lowest BCUT2D eigenvalue weighted by molar-refractivity contribution is -0.295. The van der Waals surface area contributed by atoms with Crippen LogP contribution in [0.3, 0.4) is 0 Å². The van der Waals surface area contributed by atoms with Gasteiger partial charge < -0.3 is 30.7 Å². The standard InChI is InChI=1S/C21H32N2O5S/c1-14-6-4-2-3-5-7-15(22)8-9-16-11-17(27-19(24)10-14)12-21(26,28-16)18-13-29-20(25)23-18/h2-3,5,7,10,15-19,24,26H,4,6,8-9,11-13,22H2,1H3,(H,23,25)/b3-2+,7-5-,14-10-/t15-,16?,17?,18?,19?,21?/m1/s1. The first kappa shape index (κ1) is 22.5. The molecule has 162 valence electrons. The zero-order valence-electron chi connectivity index (χ0n) is 16.8. The number of aliphatic hydroxyl groups is 2. The maximum atomic E-state index is 11.6. The van der Waals surface area contributed by atoms with E-state index in [-0.39, 0.29) is 29.9 Å². The van der Waals surface area contributed by atoms with Crippen molar-refractivity contribution in [3.05, 3.63) is 36.0 Å². The Morgan fingerprint density at radius 3 is 2.90 bits per heavy atom. The lowest BCUT2D eigenvalue weighted by Gasteiger charge is -2.44. The molecule has 0 aromatic heterocycles. The molecule has 0 saturated carbocycles. The van der Waals surface area contributed by atoms with Gasteiger partial charge in [-0.05, 0) is 38.7 Å². The van der Waals surface area contributed by atoms with E-state index in [4.69, 9.17) is 15.2 Å². The van der Waals surface area contributed by atoms with Gasteiger partial charge in [0.2, 0.25) is 0 Å². The monoisotopic (exact) mass is 424 g/mol. The molecule has 5 N–H and O–H groups in total. The minimum atomic E-state index is -1.53. The van der Waals surface area contributed by atoms with Gasteiger partial charge in [-0.1, -0.05) is 41.6 Å². The Labute approximate surface area is 176 Å². The van der Waals surface area contributed by atoms with Crippen LogP contribution in [0.1, 0.15) is 45.4 Å². The Bertz CT molecular complexity index is 667. The molecule has 2 saturated heterocycles. The molecule has 1 amide bonds. The molecular formula is C21H32N2O5S. The van der Waals surface area contributed by atoms with Crippen molar-refractivity contribution >= 4 is 17.0 Å². The van der Waals surface area contributed by atoms with Gasteiger partial charge in [0.1, 0.15) is 0 Å². The summed E-state index contributed by atoms with van der Waals surface area (Å²) in [6.07, 6.45) is 11.8. The SMILES string of the molecule is C/C1=C/C(O)OC2CC(CC[C@H](N)/C=C\C=C\CC1)OC(O)(C1CSC(=O)N1)C2. The van der Waals surface area contributed by atoms with E-state index in [0.717, 1.165) is 30.2 Å². The maximum absolute atomic E-state index is 11.6. The fraction of sp³-hybridized carbons (Fsp3) is 0.667. The van der Waals surface area contributed by atoms with Gasteiger partial charge in [0.05, 0.1) is 18.2 Å². The number of hydrogen-bond donors (Lipinski definition) is 4. The van der Waals surface area contributed by atoms with Gasteiger partial charge in [0.15, 0.2) is 12.1 Å². The fourth-order valence-electron chi connectivity index (χ4n) is 3.95. The van der Waals surface area contributed by atoms with E-state index in [0.29, 0.717) is 25.0 Å². The molecule has 3 aliphatic rings. The first-order valence-electron chi connectivity index (χ1n) is 10.3. The van der Waals surface area contributed by atoms with E-state index in [1.54, 1.807) is 6.08 Å². The largest absolute Gasteiger partial charge is 0.365 e. The minimum absolute atomic E-state index is 0.112. The molecule has 2 fully saturated rings. The minimum Gasteiger partial charge on any atom is -0.365 e. The highest BCUT2D eigenvalue weighted by atomic mass is 32.2. The molecule has 2 bridgehead atoms. The van der Waals surface area contributed by atoms with E-state index >= 15 is 0 Å². The molecule has 5 unspecified atom stereocenters. The number of fused-ring (bicyclic) bond motifs is 2. The summed E-state index contributed by atoms with van der Waals surface area (Å²) in [4.78, 5) is 11.6. The summed E-state index contributed by atoms with van der Waals surface area (Å²) in [5, 5.41) is 24.2. The molecule has 0 spiro atoms. The van der Waals surface area contributed by atoms with Gasteiger partial charge >= 0.3 is 0 Å². The number of nitrogens with two attached hydrogens (primary N) is 1. The average Bonchev–Trinajstić information content (AvgIpc) is 3.09. The van der Waals surface area contributed by atoms with E-state index in [1.165, 1.54) is 0 Å². The van der Waals surface area contributed by atoms with Crippen molar-refractivity contribution < 1.29 is 24.5 Å². The first-order valence-corrected chi connectivity index (χ1v) is 11.3. The zero-order valence-corrected chi connectivity index (χ0v) is 17.6. The van der Waals surface area contributed by atoms with Crippen molar-refractivity contribution in [2.75, 3.05) is 5.75 Å². The normalized spacial score (nSPS) is 43.8. The lowest BCUT2D eigenvalue weighted by atomic mass is 9.91. The molecule has 0 aromatic rings. The Morgan fingerprint density at radius 2 is 2.14 bits per heavy atom. The molecule has 3 heterocycles. The second kappa shape index (κ2) is 10.2. The van der Waals surface area contributed by atoms with E-state index < -0.39 is 18.1 Å². The quantitative estimate of drug-likeness (QED) is 0.478. The maximum Gasteiger partial charge on any atom is 0.279 e. The molecule has 0 aromatic carbocycles. The molecule has 7 nitrogen and oxygen atoms in total. The second-order valence-corrected chi connectivity index (χ2v) is 9.07. The lowest BCUT2D eigenvalue weighted by Crippen LogP contribution is -2.58. The van der Waals surface area contributed by atoms with Crippen LogP contribution >= 0.6 is 11.8 Å². The molecule has 29 heavy (non-hydrogen) atoms. The van der Waals surface area contributed by atoms with Crippen molar-refractivity contribution in [1.82, 2.24) is 5.32 Å². The van der Waals surface area contributed by atoms with Crippen molar-refractivity contribution in [2.45, 2.75) is 81.8 Å². The topological polar surface area (TPSA) is 114 Å². The first-order chi connectivity index (χ1) is 13.8. The van der Waals surface area contributed by atoms with E-state index in [9.17, 15) is 15.0 Å².